The second-order valence-electron chi connectivity index (χ2n) is 1.96. The molecule has 0 unspecified atom stereocenters. The van der Waals surface area contributed by atoms with E-state index in [9.17, 15) is 4.79 Å². The summed E-state index contributed by atoms with van der Waals surface area (Å²) in [7, 11) is 0. The highest BCUT2D eigenvalue weighted by Crippen LogP contribution is 2.02. The maximum absolute atomic E-state index is 11.0. The molecule has 0 amide bonds. The van der Waals surface area contributed by atoms with E-state index in [2.05, 4.69) is 19.9 Å². The maximum atomic E-state index is 11.0. The van der Waals surface area contributed by atoms with Crippen LogP contribution >= 0.6 is 24.0 Å². The predicted molar refractivity (Wildman–Crippen MR) is 50.4 cm³/mol. The molecule has 0 fully saturated rings. The number of H-pyrrole nitrogens is 2. The van der Waals surface area contributed by atoms with Crippen molar-refractivity contribution in [1.29, 1.82) is 0 Å². The molecule has 72 valence electrons. The van der Waals surface area contributed by atoms with Crippen molar-refractivity contribution in [3.8, 4) is 0 Å². The monoisotopic (exact) mass is 224 g/mol. The zero-order valence-electron chi connectivity index (χ0n) is 6.17. The predicted octanol–water partition coefficient (Wildman–Crippen LogP) is -0.103. The highest BCUT2D eigenvalue weighted by molar-refractivity contribution is 6.28. The van der Waals surface area contributed by atoms with Crippen molar-refractivity contribution in [2.24, 2.45) is 0 Å². The van der Waals surface area contributed by atoms with E-state index in [0.29, 0.717) is 11.2 Å². The molecule has 0 atom stereocenters. The van der Waals surface area contributed by atoms with Gasteiger partial charge in [-0.1, -0.05) is 0 Å². The highest BCUT2D eigenvalue weighted by Gasteiger charge is 2.02. The Labute approximate surface area is 83.1 Å². The standard InChI is InChI=1S/C5H3ClN4O.ClH.H2O/c6-5-9-3-2(4(11)10-5)7-1-8-3;;/h1H,(H2,7,8,9,10,11);1H;1H2. The largest absolute Gasteiger partial charge is 0.412 e. The first-order valence-electron chi connectivity index (χ1n) is 2.86. The molecule has 13 heavy (non-hydrogen) atoms. The summed E-state index contributed by atoms with van der Waals surface area (Å²) in [6.07, 6.45) is 1.39. The number of hydrogen-bond donors (Lipinski definition) is 2. The van der Waals surface area contributed by atoms with Crippen LogP contribution in [0.4, 0.5) is 0 Å². The first-order valence-corrected chi connectivity index (χ1v) is 3.24. The van der Waals surface area contributed by atoms with Gasteiger partial charge in [0.15, 0.2) is 11.2 Å². The first-order chi connectivity index (χ1) is 5.27. The fourth-order valence-corrected chi connectivity index (χ4v) is 0.982. The van der Waals surface area contributed by atoms with Crippen LogP contribution in [0.1, 0.15) is 0 Å². The smallest absolute Gasteiger partial charge is 0.277 e. The van der Waals surface area contributed by atoms with E-state index in [0.717, 1.165) is 0 Å². The minimum absolute atomic E-state index is 0. The lowest BCUT2D eigenvalue weighted by molar-refractivity contribution is 0.824. The summed E-state index contributed by atoms with van der Waals surface area (Å²) >= 11 is 5.46. The van der Waals surface area contributed by atoms with Crippen LogP contribution in [0.15, 0.2) is 11.1 Å². The molecule has 0 aliphatic rings. The number of aromatic nitrogens is 4. The Bertz CT molecular complexity index is 451. The third kappa shape index (κ3) is 1.97. The molecule has 2 heterocycles. The lowest BCUT2D eigenvalue weighted by Gasteiger charge is -1.87. The molecule has 0 aliphatic carbocycles. The number of rotatable bonds is 0. The molecule has 0 saturated heterocycles. The minimum Gasteiger partial charge on any atom is -0.412 e. The Morgan fingerprint density at radius 1 is 1.46 bits per heavy atom. The van der Waals surface area contributed by atoms with Crippen LogP contribution in [0.2, 0.25) is 5.28 Å². The van der Waals surface area contributed by atoms with Crippen molar-refractivity contribution in [2.75, 3.05) is 0 Å². The number of imidazole rings is 1. The Kier molecular flexibility index (Phi) is 3.86. The van der Waals surface area contributed by atoms with Crippen molar-refractivity contribution in [3.05, 3.63) is 22.0 Å². The van der Waals surface area contributed by atoms with E-state index in [1.54, 1.807) is 0 Å². The quantitative estimate of drug-likeness (QED) is 0.611. The molecule has 0 aromatic carbocycles. The molecular formula is C5H6Cl2N4O2. The maximum Gasteiger partial charge on any atom is 0.277 e. The fraction of sp³-hybridized carbons (Fsp3) is 0. The molecule has 0 bridgehead atoms. The van der Waals surface area contributed by atoms with Crippen LogP contribution in [0, 0.1) is 0 Å². The molecule has 2 aromatic rings. The van der Waals surface area contributed by atoms with Gasteiger partial charge in [-0.2, -0.15) is 4.98 Å². The van der Waals surface area contributed by atoms with Gasteiger partial charge in [-0.05, 0) is 11.6 Å². The van der Waals surface area contributed by atoms with E-state index in [-0.39, 0.29) is 28.7 Å². The average Bonchev–Trinajstić information content (AvgIpc) is 2.34. The normalized spacial score (nSPS) is 9.00. The number of nitrogens with zero attached hydrogens (tertiary/aromatic N) is 2. The van der Waals surface area contributed by atoms with Gasteiger partial charge in [-0.3, -0.25) is 9.78 Å². The van der Waals surface area contributed by atoms with Crippen LogP contribution in [0.5, 0.6) is 0 Å². The molecule has 6 nitrogen and oxygen atoms in total. The van der Waals surface area contributed by atoms with Crippen molar-refractivity contribution in [3.63, 3.8) is 0 Å². The SMILES string of the molecule is Cl.O.O=c1[nH]c(Cl)nc2nc[nH]c12. The van der Waals surface area contributed by atoms with Gasteiger partial charge in [0.2, 0.25) is 5.28 Å². The molecule has 2 aromatic heterocycles. The second-order valence-corrected chi connectivity index (χ2v) is 2.32. The average molecular weight is 225 g/mol. The van der Waals surface area contributed by atoms with Crippen molar-refractivity contribution in [1.82, 2.24) is 19.9 Å². The highest BCUT2D eigenvalue weighted by atomic mass is 35.5. The van der Waals surface area contributed by atoms with Crippen LogP contribution in [-0.4, -0.2) is 25.4 Å². The summed E-state index contributed by atoms with van der Waals surface area (Å²) < 4.78 is 0. The molecule has 0 aliphatic heterocycles. The number of aromatic amines is 2. The topological polar surface area (TPSA) is 106 Å². The minimum atomic E-state index is -0.308. The third-order valence-corrected chi connectivity index (χ3v) is 1.45. The molecule has 4 N–H and O–H groups in total. The van der Waals surface area contributed by atoms with E-state index < -0.39 is 0 Å². The third-order valence-electron chi connectivity index (χ3n) is 1.27. The number of hydrogen-bond acceptors (Lipinski definition) is 3. The Morgan fingerprint density at radius 3 is 2.85 bits per heavy atom. The Balaban J connectivity index is 0.000000720. The van der Waals surface area contributed by atoms with Gasteiger partial charge in [0.25, 0.3) is 5.56 Å². The van der Waals surface area contributed by atoms with Gasteiger partial charge >= 0.3 is 0 Å². The summed E-state index contributed by atoms with van der Waals surface area (Å²) in [6, 6.07) is 0. The lowest BCUT2D eigenvalue weighted by Crippen LogP contribution is -2.07. The first kappa shape index (κ1) is 11.9. The summed E-state index contributed by atoms with van der Waals surface area (Å²) in [5.41, 5.74) is 0.366. The van der Waals surface area contributed by atoms with Crippen molar-refractivity contribution >= 4 is 35.2 Å². The Hall–Kier alpha value is -1.11. The van der Waals surface area contributed by atoms with Crippen LogP contribution in [0.25, 0.3) is 11.2 Å². The van der Waals surface area contributed by atoms with E-state index >= 15 is 0 Å². The zero-order valence-corrected chi connectivity index (χ0v) is 7.74. The summed E-state index contributed by atoms with van der Waals surface area (Å²) in [4.78, 5) is 23.5. The molecular weight excluding hydrogens is 219 g/mol. The number of halogens is 2. The van der Waals surface area contributed by atoms with Crippen LogP contribution < -0.4 is 5.56 Å². The zero-order chi connectivity index (χ0) is 7.84. The lowest BCUT2D eigenvalue weighted by atomic mass is 10.6. The molecule has 0 radical (unpaired) electrons. The van der Waals surface area contributed by atoms with Gasteiger partial charge in [0.1, 0.15) is 0 Å². The molecule has 0 spiro atoms. The number of nitrogens with one attached hydrogen (secondary N) is 2. The number of fused-ring (bicyclic) bond motifs is 1. The molecule has 8 heteroatoms. The van der Waals surface area contributed by atoms with Gasteiger partial charge in [-0.25, -0.2) is 4.98 Å². The summed E-state index contributed by atoms with van der Waals surface area (Å²) in [5, 5.41) is 0.0506. The molecule has 0 saturated carbocycles. The molecule has 2 rings (SSSR count). The van der Waals surface area contributed by atoms with Crippen LogP contribution in [-0.2, 0) is 0 Å². The van der Waals surface area contributed by atoms with Gasteiger partial charge < -0.3 is 10.5 Å². The van der Waals surface area contributed by atoms with E-state index in [4.69, 9.17) is 11.6 Å². The van der Waals surface area contributed by atoms with Crippen molar-refractivity contribution < 1.29 is 5.48 Å². The second kappa shape index (κ2) is 4.22. The van der Waals surface area contributed by atoms with E-state index in [1.807, 2.05) is 0 Å². The summed E-state index contributed by atoms with van der Waals surface area (Å²) in [5.74, 6) is 0. The van der Waals surface area contributed by atoms with Gasteiger partial charge in [0.05, 0.1) is 6.33 Å². The van der Waals surface area contributed by atoms with E-state index in [1.165, 1.54) is 6.33 Å². The van der Waals surface area contributed by atoms with Crippen molar-refractivity contribution in [2.45, 2.75) is 0 Å². The Morgan fingerprint density at radius 2 is 2.15 bits per heavy atom. The summed E-state index contributed by atoms with van der Waals surface area (Å²) in [6.45, 7) is 0. The van der Waals surface area contributed by atoms with Gasteiger partial charge in [-0.15, -0.1) is 12.4 Å². The van der Waals surface area contributed by atoms with Crippen LogP contribution in [0.3, 0.4) is 0 Å². The van der Waals surface area contributed by atoms with Gasteiger partial charge in [0, 0.05) is 0 Å². The fourth-order valence-electron chi connectivity index (χ4n) is 0.816.